The van der Waals surface area contributed by atoms with Crippen molar-refractivity contribution in [3.8, 4) is 39.4 Å². The van der Waals surface area contributed by atoms with E-state index < -0.39 is 11.8 Å². The van der Waals surface area contributed by atoms with Crippen LogP contribution < -0.4 is 4.74 Å². The summed E-state index contributed by atoms with van der Waals surface area (Å²) in [7, 11) is 1.36. The summed E-state index contributed by atoms with van der Waals surface area (Å²) >= 11 is 0. The molecule has 0 unspecified atom stereocenters. The van der Waals surface area contributed by atoms with Crippen LogP contribution in [0.2, 0.25) is 0 Å². The maximum atomic E-state index is 15.4. The number of methoxy groups -OCH3 is 1. The Labute approximate surface area is 232 Å². The Morgan fingerprint density at radius 1 is 1.02 bits per heavy atom. The molecular formula is C33H30FN3O3. The van der Waals surface area contributed by atoms with E-state index in [0.717, 1.165) is 46.4 Å². The first-order valence-electron chi connectivity index (χ1n) is 13.4. The van der Waals surface area contributed by atoms with Gasteiger partial charge in [0.05, 0.1) is 31.5 Å². The van der Waals surface area contributed by atoms with Gasteiger partial charge in [0.2, 0.25) is 0 Å². The molecule has 7 heteroatoms. The van der Waals surface area contributed by atoms with Crippen LogP contribution in [0.4, 0.5) is 4.39 Å². The minimum absolute atomic E-state index is 0.00673. The van der Waals surface area contributed by atoms with Gasteiger partial charge in [-0.05, 0) is 68.0 Å². The number of hydrogen-bond acceptors (Lipinski definition) is 5. The van der Waals surface area contributed by atoms with Crippen molar-refractivity contribution >= 4 is 11.6 Å². The lowest BCUT2D eigenvalue weighted by molar-refractivity contribution is -0.139. The third-order valence-electron chi connectivity index (χ3n) is 7.76. The Bertz CT molecular complexity index is 1790. The van der Waals surface area contributed by atoms with E-state index >= 15 is 4.39 Å². The number of benzene rings is 3. The lowest BCUT2D eigenvalue weighted by atomic mass is 9.91. The number of fused-ring (bicyclic) bond motifs is 2. The topological polar surface area (TPSA) is 65.7 Å². The number of hydrogen-bond donors (Lipinski definition) is 0. The van der Waals surface area contributed by atoms with E-state index in [9.17, 15) is 4.79 Å². The average Bonchev–Trinajstić information content (AvgIpc) is 3.39. The number of carbonyl (C=O) groups is 1. The first-order valence-corrected chi connectivity index (χ1v) is 13.4. The predicted molar refractivity (Wildman–Crippen MR) is 153 cm³/mol. The fourth-order valence-corrected chi connectivity index (χ4v) is 5.65. The van der Waals surface area contributed by atoms with E-state index in [0.29, 0.717) is 40.5 Å². The van der Waals surface area contributed by atoms with Gasteiger partial charge in [0, 0.05) is 34.0 Å². The van der Waals surface area contributed by atoms with E-state index in [-0.39, 0.29) is 6.42 Å². The van der Waals surface area contributed by atoms with Crippen molar-refractivity contribution in [2.24, 2.45) is 0 Å². The van der Waals surface area contributed by atoms with Crippen LogP contribution in [0.25, 0.3) is 39.3 Å². The van der Waals surface area contributed by atoms with Crippen LogP contribution in [-0.2, 0) is 22.4 Å². The lowest BCUT2D eigenvalue weighted by Gasteiger charge is -2.23. The zero-order valence-electron chi connectivity index (χ0n) is 23.0. The Morgan fingerprint density at radius 3 is 2.62 bits per heavy atom. The summed E-state index contributed by atoms with van der Waals surface area (Å²) in [6.45, 7) is 6.43. The van der Waals surface area contributed by atoms with Gasteiger partial charge in [0.1, 0.15) is 0 Å². The average molecular weight is 536 g/mol. The lowest BCUT2D eigenvalue weighted by Crippen LogP contribution is -2.15. The fraction of sp³-hybridized carbons (Fsp3) is 0.242. The Balaban J connectivity index is 1.58. The molecule has 0 amide bonds. The highest BCUT2D eigenvalue weighted by molar-refractivity contribution is 5.81. The van der Waals surface area contributed by atoms with Crippen molar-refractivity contribution in [3.63, 3.8) is 0 Å². The van der Waals surface area contributed by atoms with E-state index in [4.69, 9.17) is 19.6 Å². The van der Waals surface area contributed by atoms with Crippen LogP contribution in [0.15, 0.2) is 60.7 Å². The van der Waals surface area contributed by atoms with Crippen molar-refractivity contribution in [2.75, 3.05) is 13.7 Å². The highest BCUT2D eigenvalue weighted by atomic mass is 19.1. The van der Waals surface area contributed by atoms with Crippen molar-refractivity contribution in [1.29, 1.82) is 0 Å². The molecule has 0 radical (unpaired) electrons. The first-order chi connectivity index (χ1) is 19.4. The molecule has 0 saturated heterocycles. The summed E-state index contributed by atoms with van der Waals surface area (Å²) in [5.41, 5.74) is 10.1. The van der Waals surface area contributed by atoms with E-state index in [2.05, 4.69) is 31.2 Å². The van der Waals surface area contributed by atoms with E-state index in [1.165, 1.54) is 18.7 Å². The van der Waals surface area contributed by atoms with Crippen LogP contribution in [0, 0.1) is 26.6 Å². The molecule has 0 saturated carbocycles. The second-order valence-corrected chi connectivity index (χ2v) is 10.3. The SMILES string of the molecule is COC(=O)Cc1c(C)nc2cc(-c3cccc(-c4ccccc4C)c3)nn2c1-c1cc(F)c2c(c1C)CCCO2. The van der Waals surface area contributed by atoms with Crippen molar-refractivity contribution in [1.82, 2.24) is 14.6 Å². The number of halogens is 1. The molecule has 0 spiro atoms. The molecule has 0 atom stereocenters. The minimum atomic E-state index is -0.416. The van der Waals surface area contributed by atoms with Gasteiger partial charge in [-0.25, -0.2) is 13.9 Å². The second kappa shape index (κ2) is 10.2. The largest absolute Gasteiger partial charge is 0.490 e. The van der Waals surface area contributed by atoms with Gasteiger partial charge >= 0.3 is 5.97 Å². The van der Waals surface area contributed by atoms with E-state index in [1.54, 1.807) is 4.52 Å². The molecule has 0 bridgehead atoms. The number of aryl methyl sites for hydroxylation is 2. The van der Waals surface area contributed by atoms with Gasteiger partial charge in [0.25, 0.3) is 0 Å². The van der Waals surface area contributed by atoms with Crippen LogP contribution in [0.3, 0.4) is 0 Å². The molecule has 5 aromatic rings. The van der Waals surface area contributed by atoms with Crippen LogP contribution >= 0.6 is 0 Å². The normalized spacial score (nSPS) is 12.7. The van der Waals surface area contributed by atoms with Crippen LogP contribution in [0.5, 0.6) is 5.75 Å². The van der Waals surface area contributed by atoms with Crippen molar-refractivity contribution in [3.05, 3.63) is 94.4 Å². The first kappa shape index (κ1) is 25.7. The maximum absolute atomic E-state index is 15.4. The Morgan fingerprint density at radius 2 is 1.82 bits per heavy atom. The molecule has 6 nitrogen and oxygen atoms in total. The molecule has 3 heterocycles. The number of esters is 1. The maximum Gasteiger partial charge on any atom is 0.310 e. The predicted octanol–water partition coefficient (Wildman–Crippen LogP) is 6.84. The zero-order chi connectivity index (χ0) is 28.0. The van der Waals surface area contributed by atoms with Gasteiger partial charge in [-0.3, -0.25) is 4.79 Å². The zero-order valence-corrected chi connectivity index (χ0v) is 23.0. The summed E-state index contributed by atoms with van der Waals surface area (Å²) < 4.78 is 27.8. The van der Waals surface area contributed by atoms with Gasteiger partial charge in [0.15, 0.2) is 17.2 Å². The summed E-state index contributed by atoms with van der Waals surface area (Å²) in [6.07, 6.45) is 1.54. The summed E-state index contributed by atoms with van der Waals surface area (Å²) in [6, 6.07) is 19.9. The molecule has 202 valence electrons. The molecule has 0 N–H and O–H groups in total. The molecule has 6 rings (SSSR count). The highest BCUT2D eigenvalue weighted by Crippen LogP contribution is 2.39. The van der Waals surface area contributed by atoms with Crippen LogP contribution in [0.1, 0.15) is 34.4 Å². The minimum Gasteiger partial charge on any atom is -0.490 e. The third-order valence-corrected chi connectivity index (χ3v) is 7.76. The molecule has 40 heavy (non-hydrogen) atoms. The standard InChI is InChI=1S/C33H30FN3O3/c1-19-9-5-6-12-24(19)22-10-7-11-23(15-22)29-18-30-35-21(3)27(17-31(38)39-4)32(37(30)36-29)26-16-28(34)33-25(20(26)2)13-8-14-40-33/h5-7,9-12,15-16,18H,8,13-14,17H2,1-4H3. The molecule has 3 aromatic carbocycles. The van der Waals surface area contributed by atoms with Crippen molar-refractivity contribution in [2.45, 2.75) is 40.0 Å². The molecule has 0 fully saturated rings. The van der Waals surface area contributed by atoms with Gasteiger partial charge in [-0.15, -0.1) is 0 Å². The molecular weight excluding hydrogens is 505 g/mol. The van der Waals surface area contributed by atoms with E-state index in [1.807, 2.05) is 44.2 Å². The number of aromatic nitrogens is 3. The smallest absolute Gasteiger partial charge is 0.310 e. The Kier molecular flexibility index (Phi) is 6.58. The quantitative estimate of drug-likeness (QED) is 0.231. The molecule has 1 aliphatic rings. The van der Waals surface area contributed by atoms with Gasteiger partial charge in [-0.2, -0.15) is 5.10 Å². The third kappa shape index (κ3) is 4.41. The fourth-order valence-electron chi connectivity index (χ4n) is 5.65. The molecule has 2 aromatic heterocycles. The molecule has 1 aliphatic heterocycles. The van der Waals surface area contributed by atoms with Gasteiger partial charge < -0.3 is 9.47 Å². The van der Waals surface area contributed by atoms with Crippen molar-refractivity contribution < 1.29 is 18.7 Å². The van der Waals surface area contributed by atoms with Gasteiger partial charge in [-0.1, -0.05) is 42.5 Å². The number of nitrogens with zero attached hydrogens (tertiary/aromatic N) is 3. The number of ether oxygens (including phenoxy) is 2. The summed E-state index contributed by atoms with van der Waals surface area (Å²) in [4.78, 5) is 17.3. The Hall–Kier alpha value is -4.52. The summed E-state index contributed by atoms with van der Waals surface area (Å²) in [5.74, 6) is -0.498. The van der Waals surface area contributed by atoms with Crippen LogP contribution in [-0.4, -0.2) is 34.3 Å². The molecule has 0 aliphatic carbocycles. The highest BCUT2D eigenvalue weighted by Gasteiger charge is 2.26. The number of rotatable bonds is 5. The monoisotopic (exact) mass is 535 g/mol. The number of carbonyl (C=O) groups excluding carboxylic acids is 1. The second-order valence-electron chi connectivity index (χ2n) is 10.3. The summed E-state index contributed by atoms with van der Waals surface area (Å²) in [5, 5.41) is 4.98.